The molecule has 0 radical (unpaired) electrons. The summed E-state index contributed by atoms with van der Waals surface area (Å²) in [6.07, 6.45) is 2.16. The standard InChI is InChI=1S/C14H25NO3/c1-6-7-15(11(3)16)14(12(17)18)9-13(4,5)8-10(14)2/h10H,6-9H2,1-5H3,(H,17,18). The summed E-state index contributed by atoms with van der Waals surface area (Å²) in [6.45, 7) is 10.1. The first kappa shape index (κ1) is 15.0. The predicted molar refractivity (Wildman–Crippen MR) is 70.2 cm³/mol. The van der Waals surface area contributed by atoms with Crippen LogP contribution in [0.5, 0.6) is 0 Å². The maximum absolute atomic E-state index is 11.8. The van der Waals surface area contributed by atoms with Crippen molar-refractivity contribution in [2.24, 2.45) is 11.3 Å². The van der Waals surface area contributed by atoms with Crippen molar-refractivity contribution in [3.63, 3.8) is 0 Å². The molecule has 2 atom stereocenters. The van der Waals surface area contributed by atoms with Crippen molar-refractivity contribution in [2.45, 2.75) is 59.4 Å². The molecule has 0 spiro atoms. The van der Waals surface area contributed by atoms with Gasteiger partial charge in [-0.3, -0.25) is 4.79 Å². The highest BCUT2D eigenvalue weighted by Gasteiger charge is 2.57. The molecule has 4 nitrogen and oxygen atoms in total. The molecule has 0 bridgehead atoms. The lowest BCUT2D eigenvalue weighted by Gasteiger charge is -2.41. The lowest BCUT2D eigenvalue weighted by Crippen LogP contribution is -2.58. The number of carboxylic acids is 1. The highest BCUT2D eigenvalue weighted by Crippen LogP contribution is 2.50. The molecule has 104 valence electrons. The largest absolute Gasteiger partial charge is 0.479 e. The van der Waals surface area contributed by atoms with Gasteiger partial charge >= 0.3 is 5.97 Å². The normalized spacial score (nSPS) is 30.2. The Bertz CT molecular complexity index is 351. The summed E-state index contributed by atoms with van der Waals surface area (Å²) in [7, 11) is 0. The first-order valence-electron chi connectivity index (χ1n) is 6.69. The van der Waals surface area contributed by atoms with Crippen LogP contribution in [-0.2, 0) is 9.59 Å². The first-order valence-corrected chi connectivity index (χ1v) is 6.69. The topological polar surface area (TPSA) is 57.6 Å². The maximum atomic E-state index is 11.8. The lowest BCUT2D eigenvalue weighted by atomic mass is 9.84. The van der Waals surface area contributed by atoms with Gasteiger partial charge < -0.3 is 10.0 Å². The zero-order chi connectivity index (χ0) is 14.1. The molecule has 1 aliphatic carbocycles. The third-order valence-electron chi connectivity index (χ3n) is 4.10. The van der Waals surface area contributed by atoms with E-state index in [1.54, 1.807) is 4.90 Å². The van der Waals surface area contributed by atoms with Gasteiger partial charge in [-0.1, -0.05) is 27.7 Å². The number of rotatable bonds is 4. The fraction of sp³-hybridized carbons (Fsp3) is 0.857. The van der Waals surface area contributed by atoms with E-state index >= 15 is 0 Å². The fourth-order valence-electron chi connectivity index (χ4n) is 3.60. The molecule has 1 rings (SSSR count). The summed E-state index contributed by atoms with van der Waals surface area (Å²) >= 11 is 0. The number of amides is 1. The number of carboxylic acid groups (broad SMARTS) is 1. The number of hydrogen-bond acceptors (Lipinski definition) is 2. The Morgan fingerprint density at radius 3 is 2.22 bits per heavy atom. The Labute approximate surface area is 109 Å². The van der Waals surface area contributed by atoms with Gasteiger partial charge in [-0.05, 0) is 30.6 Å². The van der Waals surface area contributed by atoms with Crippen molar-refractivity contribution < 1.29 is 14.7 Å². The summed E-state index contributed by atoms with van der Waals surface area (Å²) in [5.41, 5.74) is -1.05. The fourth-order valence-corrected chi connectivity index (χ4v) is 3.60. The molecule has 1 amide bonds. The molecule has 0 aromatic rings. The second-order valence-corrected chi connectivity index (χ2v) is 6.35. The Hall–Kier alpha value is -1.06. The average molecular weight is 255 g/mol. The highest BCUT2D eigenvalue weighted by atomic mass is 16.4. The molecule has 0 saturated heterocycles. The highest BCUT2D eigenvalue weighted by molar-refractivity contribution is 5.87. The minimum Gasteiger partial charge on any atom is -0.479 e. The van der Waals surface area contributed by atoms with Gasteiger partial charge in [0, 0.05) is 13.5 Å². The van der Waals surface area contributed by atoms with Crippen molar-refractivity contribution in [1.82, 2.24) is 4.90 Å². The summed E-state index contributed by atoms with van der Waals surface area (Å²) < 4.78 is 0. The number of carbonyl (C=O) groups is 2. The van der Waals surface area contributed by atoms with Gasteiger partial charge in [0.05, 0.1) is 0 Å². The van der Waals surface area contributed by atoms with Crippen molar-refractivity contribution in [3.8, 4) is 0 Å². The number of nitrogens with zero attached hydrogens (tertiary/aromatic N) is 1. The smallest absolute Gasteiger partial charge is 0.329 e. The second-order valence-electron chi connectivity index (χ2n) is 6.35. The molecule has 2 unspecified atom stereocenters. The molecule has 0 heterocycles. The van der Waals surface area contributed by atoms with Crippen LogP contribution in [-0.4, -0.2) is 34.0 Å². The molecule has 1 fully saturated rings. The van der Waals surface area contributed by atoms with Crippen LogP contribution in [0.15, 0.2) is 0 Å². The SMILES string of the molecule is CCCN(C(C)=O)C1(C(=O)O)CC(C)(C)CC1C. The average Bonchev–Trinajstić information content (AvgIpc) is 2.45. The summed E-state index contributed by atoms with van der Waals surface area (Å²) in [4.78, 5) is 25.3. The van der Waals surface area contributed by atoms with Crippen molar-refractivity contribution in [3.05, 3.63) is 0 Å². The van der Waals surface area contributed by atoms with Crippen LogP contribution in [0.25, 0.3) is 0 Å². The molecule has 1 saturated carbocycles. The summed E-state index contributed by atoms with van der Waals surface area (Å²) in [5, 5.41) is 9.72. The van der Waals surface area contributed by atoms with Gasteiger partial charge in [-0.15, -0.1) is 0 Å². The van der Waals surface area contributed by atoms with Crippen molar-refractivity contribution in [1.29, 1.82) is 0 Å². The van der Waals surface area contributed by atoms with E-state index in [0.717, 1.165) is 12.8 Å². The molecule has 0 aliphatic heterocycles. The van der Waals surface area contributed by atoms with Gasteiger partial charge in [0.2, 0.25) is 5.91 Å². The zero-order valence-electron chi connectivity index (χ0n) is 12.1. The molecule has 1 N–H and O–H groups in total. The van der Waals surface area contributed by atoms with Crippen LogP contribution < -0.4 is 0 Å². The van der Waals surface area contributed by atoms with Crippen LogP contribution in [0, 0.1) is 11.3 Å². The van der Waals surface area contributed by atoms with Crippen LogP contribution in [0.2, 0.25) is 0 Å². The lowest BCUT2D eigenvalue weighted by molar-refractivity contribution is -0.161. The van der Waals surface area contributed by atoms with Crippen LogP contribution in [0.4, 0.5) is 0 Å². The molecule has 1 aliphatic rings. The van der Waals surface area contributed by atoms with E-state index in [-0.39, 0.29) is 17.2 Å². The predicted octanol–water partition coefficient (Wildman–Crippen LogP) is 2.52. The minimum atomic E-state index is -1.02. The molecule has 18 heavy (non-hydrogen) atoms. The summed E-state index contributed by atoms with van der Waals surface area (Å²) in [6, 6.07) is 0. The van der Waals surface area contributed by atoms with E-state index in [1.807, 2.05) is 13.8 Å². The van der Waals surface area contributed by atoms with Crippen LogP contribution >= 0.6 is 0 Å². The Balaban J connectivity index is 3.22. The van der Waals surface area contributed by atoms with Crippen LogP contribution in [0.1, 0.15) is 53.9 Å². The van der Waals surface area contributed by atoms with Crippen LogP contribution in [0.3, 0.4) is 0 Å². The second kappa shape index (κ2) is 4.90. The van der Waals surface area contributed by atoms with Gasteiger partial charge in [-0.2, -0.15) is 0 Å². The summed E-state index contributed by atoms with van der Waals surface area (Å²) in [5.74, 6) is -1.01. The van der Waals surface area contributed by atoms with E-state index in [2.05, 4.69) is 13.8 Å². The number of hydrogen-bond donors (Lipinski definition) is 1. The quantitative estimate of drug-likeness (QED) is 0.839. The molecular weight excluding hydrogens is 230 g/mol. The van der Waals surface area contributed by atoms with Gasteiger partial charge in [0.1, 0.15) is 5.54 Å². The molecular formula is C14H25NO3. The zero-order valence-corrected chi connectivity index (χ0v) is 12.1. The van der Waals surface area contributed by atoms with E-state index in [4.69, 9.17) is 0 Å². The maximum Gasteiger partial charge on any atom is 0.329 e. The number of aliphatic carboxylic acids is 1. The molecule has 0 aromatic heterocycles. The van der Waals surface area contributed by atoms with Gasteiger partial charge in [0.15, 0.2) is 0 Å². The Kier molecular flexibility index (Phi) is 4.08. The van der Waals surface area contributed by atoms with Gasteiger partial charge in [0.25, 0.3) is 0 Å². The monoisotopic (exact) mass is 255 g/mol. The van der Waals surface area contributed by atoms with E-state index in [1.165, 1.54) is 6.92 Å². The van der Waals surface area contributed by atoms with Crippen molar-refractivity contribution in [2.75, 3.05) is 6.54 Å². The van der Waals surface area contributed by atoms with Gasteiger partial charge in [-0.25, -0.2) is 4.79 Å². The van der Waals surface area contributed by atoms with Crippen molar-refractivity contribution >= 4 is 11.9 Å². The van der Waals surface area contributed by atoms with E-state index in [9.17, 15) is 14.7 Å². The Morgan fingerprint density at radius 1 is 1.39 bits per heavy atom. The molecule has 0 aromatic carbocycles. The number of carbonyl (C=O) groups excluding carboxylic acids is 1. The first-order chi connectivity index (χ1) is 8.17. The Morgan fingerprint density at radius 2 is 1.94 bits per heavy atom. The minimum absolute atomic E-state index is 0.0135. The third-order valence-corrected chi connectivity index (χ3v) is 4.10. The van der Waals surface area contributed by atoms with E-state index < -0.39 is 11.5 Å². The van der Waals surface area contributed by atoms with E-state index in [0.29, 0.717) is 13.0 Å². The molecule has 4 heteroatoms. The third kappa shape index (κ3) is 2.38.